The number of hydrogen-bond acceptors (Lipinski definition) is 3. The minimum atomic E-state index is -0.151. The van der Waals surface area contributed by atoms with Crippen LogP contribution in [0.25, 0.3) is 0 Å². The van der Waals surface area contributed by atoms with E-state index < -0.39 is 0 Å². The Balaban J connectivity index is 2.23. The van der Waals surface area contributed by atoms with E-state index in [2.05, 4.69) is 33.9 Å². The summed E-state index contributed by atoms with van der Waals surface area (Å²) in [6.07, 6.45) is 3.26. The zero-order chi connectivity index (χ0) is 13.0. The normalized spacial score (nSPS) is 12.2. The molecule has 0 aliphatic carbocycles. The van der Waals surface area contributed by atoms with Crippen molar-refractivity contribution in [2.75, 3.05) is 6.54 Å². The van der Waals surface area contributed by atoms with Gasteiger partial charge in [0.25, 0.3) is 0 Å². The number of aryl methyl sites for hydroxylation is 1. The fourth-order valence-corrected chi connectivity index (χ4v) is 2.15. The van der Waals surface area contributed by atoms with E-state index in [9.17, 15) is 0 Å². The third-order valence-electron chi connectivity index (χ3n) is 2.71. The van der Waals surface area contributed by atoms with Crippen molar-refractivity contribution in [2.45, 2.75) is 13.0 Å². The van der Waals surface area contributed by atoms with Crippen LogP contribution in [0.2, 0.25) is 0 Å². The molecule has 3 nitrogen and oxygen atoms in total. The lowest BCUT2D eigenvalue weighted by molar-refractivity contribution is 0.212. The second-order valence-electron chi connectivity index (χ2n) is 4.04. The van der Waals surface area contributed by atoms with Gasteiger partial charge in [-0.1, -0.05) is 24.3 Å². The van der Waals surface area contributed by atoms with Gasteiger partial charge in [0.1, 0.15) is 11.9 Å². The van der Waals surface area contributed by atoms with Crippen molar-refractivity contribution in [1.82, 2.24) is 4.98 Å². The first-order chi connectivity index (χ1) is 8.70. The van der Waals surface area contributed by atoms with E-state index in [0.29, 0.717) is 12.3 Å². The first kappa shape index (κ1) is 13.1. The first-order valence-electron chi connectivity index (χ1n) is 5.73. The molecular formula is C14H15BrN2O. The summed E-state index contributed by atoms with van der Waals surface area (Å²) in [4.78, 5) is 4.07. The van der Waals surface area contributed by atoms with Crippen molar-refractivity contribution in [1.29, 1.82) is 0 Å². The van der Waals surface area contributed by atoms with Crippen LogP contribution in [0.4, 0.5) is 0 Å². The van der Waals surface area contributed by atoms with Gasteiger partial charge in [0.2, 0.25) is 0 Å². The number of benzene rings is 1. The molecule has 0 saturated carbocycles. The number of halogens is 1. The first-order valence-corrected chi connectivity index (χ1v) is 6.53. The molecule has 18 heavy (non-hydrogen) atoms. The predicted octanol–water partition coefficient (Wildman–Crippen LogP) is 3.23. The Labute approximate surface area is 115 Å². The number of aromatic nitrogens is 1. The number of rotatable bonds is 4. The van der Waals surface area contributed by atoms with Gasteiger partial charge in [0.15, 0.2) is 0 Å². The number of nitrogens with two attached hydrogens (primary N) is 1. The van der Waals surface area contributed by atoms with Crippen LogP contribution in [0.15, 0.2) is 47.2 Å². The van der Waals surface area contributed by atoms with Gasteiger partial charge in [0, 0.05) is 17.2 Å². The summed E-state index contributed by atoms with van der Waals surface area (Å²) in [5.74, 6) is 0.711. The third kappa shape index (κ3) is 3.09. The highest BCUT2D eigenvalue weighted by Gasteiger charge is 2.13. The van der Waals surface area contributed by atoms with E-state index in [-0.39, 0.29) is 6.10 Å². The molecule has 2 N–H and O–H groups in total. The van der Waals surface area contributed by atoms with Gasteiger partial charge in [-0.2, -0.15) is 0 Å². The summed E-state index contributed by atoms with van der Waals surface area (Å²) < 4.78 is 6.78. The van der Waals surface area contributed by atoms with Crippen molar-refractivity contribution >= 4 is 15.9 Å². The molecule has 0 spiro atoms. The Morgan fingerprint density at radius 1 is 1.33 bits per heavy atom. The van der Waals surface area contributed by atoms with E-state index in [1.54, 1.807) is 12.4 Å². The number of nitrogens with zero attached hydrogens (tertiary/aromatic N) is 1. The summed E-state index contributed by atoms with van der Waals surface area (Å²) in [6, 6.07) is 9.98. The van der Waals surface area contributed by atoms with Crippen LogP contribution in [0.3, 0.4) is 0 Å². The Hall–Kier alpha value is -1.39. The van der Waals surface area contributed by atoms with Crippen LogP contribution < -0.4 is 10.5 Å². The van der Waals surface area contributed by atoms with Crippen LogP contribution >= 0.6 is 15.9 Å². The average molecular weight is 307 g/mol. The standard InChI is InChI=1S/C14H15BrN2O/c1-10-4-2-3-5-13(10)14(7-16)18-12-6-11(15)8-17-9-12/h2-6,8-9,14H,7,16H2,1H3. The van der Waals surface area contributed by atoms with Crippen LogP contribution in [0.1, 0.15) is 17.2 Å². The second kappa shape index (κ2) is 5.98. The molecule has 0 bridgehead atoms. The highest BCUT2D eigenvalue weighted by molar-refractivity contribution is 9.10. The van der Waals surface area contributed by atoms with Crippen LogP contribution in [-0.2, 0) is 0 Å². The average Bonchev–Trinajstić information content (AvgIpc) is 2.37. The fraction of sp³-hybridized carbons (Fsp3) is 0.214. The Morgan fingerprint density at radius 3 is 2.78 bits per heavy atom. The van der Waals surface area contributed by atoms with E-state index in [4.69, 9.17) is 10.5 Å². The molecule has 2 rings (SSSR count). The third-order valence-corrected chi connectivity index (χ3v) is 3.14. The van der Waals surface area contributed by atoms with Crippen molar-refractivity contribution in [3.8, 4) is 5.75 Å². The van der Waals surface area contributed by atoms with Gasteiger partial charge in [-0.15, -0.1) is 0 Å². The van der Waals surface area contributed by atoms with Gasteiger partial charge < -0.3 is 10.5 Å². The minimum Gasteiger partial charge on any atom is -0.483 e. The SMILES string of the molecule is Cc1ccccc1C(CN)Oc1cncc(Br)c1. The topological polar surface area (TPSA) is 48.1 Å². The molecule has 0 aliphatic rings. The molecule has 0 saturated heterocycles. The van der Waals surface area contributed by atoms with Crippen LogP contribution in [0.5, 0.6) is 5.75 Å². The zero-order valence-electron chi connectivity index (χ0n) is 10.1. The summed E-state index contributed by atoms with van der Waals surface area (Å²) in [5.41, 5.74) is 8.09. The van der Waals surface area contributed by atoms with E-state index >= 15 is 0 Å². The minimum absolute atomic E-state index is 0.151. The highest BCUT2D eigenvalue weighted by Crippen LogP contribution is 2.24. The molecule has 0 radical (unpaired) electrons. The molecule has 1 atom stereocenters. The van der Waals surface area contributed by atoms with E-state index in [1.807, 2.05) is 24.3 Å². The number of pyridine rings is 1. The molecule has 1 heterocycles. The Bertz CT molecular complexity index is 531. The monoisotopic (exact) mass is 306 g/mol. The van der Waals surface area contributed by atoms with Gasteiger partial charge in [-0.05, 0) is 40.0 Å². The quantitative estimate of drug-likeness (QED) is 0.943. The molecule has 94 valence electrons. The van der Waals surface area contributed by atoms with E-state index in [0.717, 1.165) is 10.0 Å². The molecule has 0 aliphatic heterocycles. The summed E-state index contributed by atoms with van der Waals surface area (Å²) in [5, 5.41) is 0. The molecule has 2 aromatic rings. The van der Waals surface area contributed by atoms with Crippen LogP contribution in [-0.4, -0.2) is 11.5 Å². The van der Waals surface area contributed by atoms with Crippen molar-refractivity contribution in [2.24, 2.45) is 5.73 Å². The van der Waals surface area contributed by atoms with E-state index in [1.165, 1.54) is 5.56 Å². The van der Waals surface area contributed by atoms with Gasteiger partial charge >= 0.3 is 0 Å². The molecule has 1 aromatic heterocycles. The lowest BCUT2D eigenvalue weighted by Crippen LogP contribution is -2.19. The molecule has 1 aromatic carbocycles. The smallest absolute Gasteiger partial charge is 0.139 e. The summed E-state index contributed by atoms with van der Waals surface area (Å²) in [7, 11) is 0. The van der Waals surface area contributed by atoms with Crippen molar-refractivity contribution in [3.05, 3.63) is 58.3 Å². The van der Waals surface area contributed by atoms with Gasteiger partial charge in [0.05, 0.1) is 6.20 Å². The second-order valence-corrected chi connectivity index (χ2v) is 4.95. The number of ether oxygens (including phenoxy) is 1. The van der Waals surface area contributed by atoms with Crippen molar-refractivity contribution < 1.29 is 4.74 Å². The Morgan fingerprint density at radius 2 is 2.11 bits per heavy atom. The maximum Gasteiger partial charge on any atom is 0.139 e. The molecular weight excluding hydrogens is 292 g/mol. The lowest BCUT2D eigenvalue weighted by Gasteiger charge is -2.19. The Kier molecular flexibility index (Phi) is 4.33. The maximum atomic E-state index is 5.89. The molecule has 1 unspecified atom stereocenters. The summed E-state index contributed by atoms with van der Waals surface area (Å²) >= 11 is 3.37. The molecule has 4 heteroatoms. The predicted molar refractivity (Wildman–Crippen MR) is 75.5 cm³/mol. The lowest BCUT2D eigenvalue weighted by atomic mass is 10.0. The molecule has 0 fully saturated rings. The molecule has 0 amide bonds. The summed E-state index contributed by atoms with van der Waals surface area (Å²) in [6.45, 7) is 2.48. The van der Waals surface area contributed by atoms with Crippen LogP contribution in [0, 0.1) is 6.92 Å². The highest BCUT2D eigenvalue weighted by atomic mass is 79.9. The number of hydrogen-bond donors (Lipinski definition) is 1. The fourth-order valence-electron chi connectivity index (χ4n) is 1.81. The maximum absolute atomic E-state index is 5.89. The van der Waals surface area contributed by atoms with Gasteiger partial charge in [-0.25, -0.2) is 0 Å². The largest absolute Gasteiger partial charge is 0.483 e. The zero-order valence-corrected chi connectivity index (χ0v) is 11.7. The van der Waals surface area contributed by atoms with Gasteiger partial charge in [-0.3, -0.25) is 4.98 Å². The van der Waals surface area contributed by atoms with Crippen molar-refractivity contribution in [3.63, 3.8) is 0 Å².